The van der Waals surface area contributed by atoms with Gasteiger partial charge in [0.05, 0.1) is 7.11 Å². The fourth-order valence-electron chi connectivity index (χ4n) is 2.43. The van der Waals surface area contributed by atoms with Crippen molar-refractivity contribution < 1.29 is 14.3 Å². The molecule has 0 heterocycles. The Hall–Kier alpha value is -1.06. The van der Waals surface area contributed by atoms with E-state index in [1.165, 1.54) is 13.5 Å². The molecule has 1 rings (SSSR count). The maximum atomic E-state index is 12.1. The van der Waals surface area contributed by atoms with Gasteiger partial charge < -0.3 is 10.1 Å². The molecule has 0 saturated heterocycles. The summed E-state index contributed by atoms with van der Waals surface area (Å²) in [6.07, 6.45) is 6.18. The van der Waals surface area contributed by atoms with E-state index in [-0.39, 0.29) is 23.7 Å². The lowest BCUT2D eigenvalue weighted by Crippen LogP contribution is -2.48. The Morgan fingerprint density at radius 3 is 2.39 bits per heavy atom. The maximum absolute atomic E-state index is 12.1. The Labute approximate surface area is 109 Å². The van der Waals surface area contributed by atoms with Crippen molar-refractivity contribution in [2.45, 2.75) is 58.4 Å². The molecule has 1 N–H and O–H groups in total. The molecule has 1 aliphatic rings. The van der Waals surface area contributed by atoms with Crippen LogP contribution in [-0.2, 0) is 14.3 Å². The summed E-state index contributed by atoms with van der Waals surface area (Å²) in [6.45, 7) is 3.97. The zero-order valence-corrected chi connectivity index (χ0v) is 11.7. The number of nitrogens with one attached hydrogen (secondary N) is 1. The summed E-state index contributed by atoms with van der Waals surface area (Å²) in [5.41, 5.74) is 0. The average Bonchev–Trinajstić information content (AvgIpc) is 2.43. The predicted octanol–water partition coefficient (Wildman–Crippen LogP) is 2.27. The lowest BCUT2D eigenvalue weighted by molar-refractivity contribution is -0.147. The van der Waals surface area contributed by atoms with E-state index in [4.69, 9.17) is 4.74 Å². The van der Waals surface area contributed by atoms with E-state index in [0.29, 0.717) is 0 Å². The molecular weight excluding hydrogens is 230 g/mol. The quantitative estimate of drug-likeness (QED) is 0.767. The van der Waals surface area contributed by atoms with E-state index in [1.807, 2.05) is 13.8 Å². The van der Waals surface area contributed by atoms with E-state index >= 15 is 0 Å². The van der Waals surface area contributed by atoms with Crippen LogP contribution < -0.4 is 5.32 Å². The zero-order valence-electron chi connectivity index (χ0n) is 11.7. The average molecular weight is 255 g/mol. The van der Waals surface area contributed by atoms with Crippen LogP contribution in [0.1, 0.15) is 52.4 Å². The Bertz CT molecular complexity index is 285. The Kier molecular flexibility index (Phi) is 6.16. The minimum absolute atomic E-state index is 0.0189. The fourth-order valence-corrected chi connectivity index (χ4v) is 2.43. The smallest absolute Gasteiger partial charge is 0.328 e. The summed E-state index contributed by atoms with van der Waals surface area (Å²) in [7, 11) is 1.37. The van der Waals surface area contributed by atoms with Crippen LogP contribution in [0.3, 0.4) is 0 Å². The van der Waals surface area contributed by atoms with Crippen molar-refractivity contribution in [3.8, 4) is 0 Å². The van der Waals surface area contributed by atoms with Gasteiger partial charge in [-0.05, 0) is 18.8 Å². The predicted molar refractivity (Wildman–Crippen MR) is 70.0 cm³/mol. The van der Waals surface area contributed by atoms with Gasteiger partial charge in [-0.2, -0.15) is 0 Å². The summed E-state index contributed by atoms with van der Waals surface area (Å²) < 4.78 is 4.77. The van der Waals surface area contributed by atoms with Crippen LogP contribution in [0.5, 0.6) is 0 Å². The topological polar surface area (TPSA) is 55.4 Å². The van der Waals surface area contributed by atoms with Crippen molar-refractivity contribution in [2.24, 2.45) is 11.8 Å². The van der Waals surface area contributed by atoms with E-state index < -0.39 is 6.04 Å². The highest BCUT2D eigenvalue weighted by molar-refractivity contribution is 5.85. The molecule has 0 aromatic carbocycles. The number of amides is 1. The Morgan fingerprint density at radius 2 is 1.89 bits per heavy atom. The molecule has 0 aliphatic heterocycles. The lowest BCUT2D eigenvalue weighted by Gasteiger charge is -2.26. The Morgan fingerprint density at radius 1 is 1.28 bits per heavy atom. The minimum Gasteiger partial charge on any atom is -0.467 e. The third kappa shape index (κ3) is 4.00. The number of esters is 1. The van der Waals surface area contributed by atoms with E-state index in [0.717, 1.165) is 32.1 Å². The van der Waals surface area contributed by atoms with Crippen LogP contribution >= 0.6 is 0 Å². The van der Waals surface area contributed by atoms with Crippen molar-refractivity contribution in [2.75, 3.05) is 7.11 Å². The van der Waals surface area contributed by atoms with Crippen LogP contribution in [0.4, 0.5) is 0 Å². The second kappa shape index (κ2) is 7.39. The zero-order chi connectivity index (χ0) is 13.5. The largest absolute Gasteiger partial charge is 0.467 e. The number of ether oxygens (including phenoxy) is 1. The van der Waals surface area contributed by atoms with Gasteiger partial charge in [-0.15, -0.1) is 0 Å². The number of carbonyl (C=O) groups excluding carboxylic acids is 2. The number of methoxy groups -OCH3 is 1. The number of carbonyl (C=O) groups is 2. The molecule has 0 unspecified atom stereocenters. The SMILES string of the molecule is CC[C@@H](C)[C@H](NC(=O)C1CCCCC1)C(=O)OC. The second-order valence-electron chi connectivity index (χ2n) is 5.23. The molecule has 1 amide bonds. The molecule has 1 fully saturated rings. The van der Waals surface area contributed by atoms with Gasteiger partial charge in [0.2, 0.25) is 5.91 Å². The van der Waals surface area contributed by atoms with Gasteiger partial charge in [0.1, 0.15) is 6.04 Å². The standard InChI is InChI=1S/C14H25NO3/c1-4-10(2)12(14(17)18-3)15-13(16)11-8-6-5-7-9-11/h10-12H,4-9H2,1-3H3,(H,15,16)/t10-,12+/m1/s1. The second-order valence-corrected chi connectivity index (χ2v) is 5.23. The van der Waals surface area contributed by atoms with Crippen molar-refractivity contribution in [1.29, 1.82) is 0 Å². The van der Waals surface area contributed by atoms with Gasteiger partial charge in [0.25, 0.3) is 0 Å². The normalized spacial score (nSPS) is 19.9. The van der Waals surface area contributed by atoms with Crippen molar-refractivity contribution in [3.05, 3.63) is 0 Å². The van der Waals surface area contributed by atoms with E-state index in [2.05, 4.69) is 5.32 Å². The fraction of sp³-hybridized carbons (Fsp3) is 0.857. The Balaban J connectivity index is 2.58. The monoisotopic (exact) mass is 255 g/mol. The third-order valence-electron chi connectivity index (χ3n) is 3.94. The van der Waals surface area contributed by atoms with Gasteiger partial charge in [0.15, 0.2) is 0 Å². The molecule has 0 radical (unpaired) electrons. The van der Waals surface area contributed by atoms with Crippen LogP contribution in [0.25, 0.3) is 0 Å². The molecule has 1 saturated carbocycles. The molecule has 0 aromatic rings. The van der Waals surface area contributed by atoms with Crippen LogP contribution in [-0.4, -0.2) is 25.0 Å². The molecule has 0 bridgehead atoms. The number of hydrogen-bond acceptors (Lipinski definition) is 3. The highest BCUT2D eigenvalue weighted by Gasteiger charge is 2.30. The number of hydrogen-bond donors (Lipinski definition) is 1. The molecule has 2 atom stereocenters. The molecule has 1 aliphatic carbocycles. The van der Waals surface area contributed by atoms with Gasteiger partial charge >= 0.3 is 5.97 Å². The van der Waals surface area contributed by atoms with Gasteiger partial charge in [-0.25, -0.2) is 4.79 Å². The van der Waals surface area contributed by atoms with E-state index in [1.54, 1.807) is 0 Å². The maximum Gasteiger partial charge on any atom is 0.328 e. The first kappa shape index (κ1) is 15.0. The van der Waals surface area contributed by atoms with Gasteiger partial charge in [0, 0.05) is 5.92 Å². The summed E-state index contributed by atoms with van der Waals surface area (Å²) in [5, 5.41) is 2.87. The first-order valence-corrected chi connectivity index (χ1v) is 6.98. The minimum atomic E-state index is -0.505. The van der Waals surface area contributed by atoms with Crippen molar-refractivity contribution in [3.63, 3.8) is 0 Å². The third-order valence-corrected chi connectivity index (χ3v) is 3.94. The summed E-state index contributed by atoms with van der Waals surface area (Å²) >= 11 is 0. The molecule has 104 valence electrons. The first-order valence-electron chi connectivity index (χ1n) is 6.98. The van der Waals surface area contributed by atoms with Crippen LogP contribution in [0, 0.1) is 11.8 Å². The van der Waals surface area contributed by atoms with Crippen LogP contribution in [0.2, 0.25) is 0 Å². The highest BCUT2D eigenvalue weighted by Crippen LogP contribution is 2.24. The van der Waals surface area contributed by atoms with E-state index in [9.17, 15) is 9.59 Å². The number of rotatable bonds is 5. The summed E-state index contributed by atoms with van der Waals surface area (Å²) in [6, 6.07) is -0.505. The summed E-state index contributed by atoms with van der Waals surface area (Å²) in [4.78, 5) is 23.8. The molecule has 0 aromatic heterocycles. The van der Waals surface area contributed by atoms with Gasteiger partial charge in [-0.3, -0.25) is 4.79 Å². The molecular formula is C14H25NO3. The first-order chi connectivity index (χ1) is 8.60. The molecule has 4 nitrogen and oxygen atoms in total. The molecule has 18 heavy (non-hydrogen) atoms. The van der Waals surface area contributed by atoms with Crippen molar-refractivity contribution in [1.82, 2.24) is 5.32 Å². The van der Waals surface area contributed by atoms with Crippen molar-refractivity contribution >= 4 is 11.9 Å². The molecule has 0 spiro atoms. The lowest BCUT2D eigenvalue weighted by atomic mass is 9.88. The van der Waals surface area contributed by atoms with Crippen LogP contribution in [0.15, 0.2) is 0 Å². The highest BCUT2D eigenvalue weighted by atomic mass is 16.5. The van der Waals surface area contributed by atoms with Gasteiger partial charge in [-0.1, -0.05) is 39.5 Å². The molecule has 4 heteroatoms. The summed E-state index contributed by atoms with van der Waals surface area (Å²) in [5.74, 6) is -0.140.